The summed E-state index contributed by atoms with van der Waals surface area (Å²) in [5.74, 6) is 1.90. The van der Waals surface area contributed by atoms with Gasteiger partial charge in [0, 0.05) is 19.3 Å². The molecule has 1 aliphatic heterocycles. The zero-order valence-corrected chi connectivity index (χ0v) is 24.6. The number of aliphatic hydroxyl groups is 1. The van der Waals surface area contributed by atoms with Gasteiger partial charge in [-0.2, -0.15) is 10.1 Å². The molecule has 1 spiro atoms. The van der Waals surface area contributed by atoms with Crippen LogP contribution >= 0.6 is 0 Å². The Bertz CT molecular complexity index is 1290. The predicted molar refractivity (Wildman–Crippen MR) is 161 cm³/mol. The third kappa shape index (κ3) is 7.09. The fourth-order valence-electron chi connectivity index (χ4n) is 5.71. The summed E-state index contributed by atoms with van der Waals surface area (Å²) in [6, 6.07) is 2.08. The van der Waals surface area contributed by atoms with Crippen LogP contribution in [-0.2, 0) is 6.54 Å². The molecule has 1 saturated heterocycles. The first-order valence-corrected chi connectivity index (χ1v) is 14.6. The minimum Gasteiger partial charge on any atom is -0.495 e. The summed E-state index contributed by atoms with van der Waals surface area (Å²) < 4.78 is 7.42. The summed E-state index contributed by atoms with van der Waals surface area (Å²) in [5, 5.41) is 12.7. The Hall–Kier alpha value is -3.24. The Morgan fingerprint density at radius 2 is 1.85 bits per heavy atom. The Morgan fingerprint density at radius 1 is 1.10 bits per heavy atom. The number of likely N-dealkylation sites (tertiary alicyclic amines) is 1. The third-order valence-corrected chi connectivity index (χ3v) is 7.86. The highest BCUT2D eigenvalue weighted by atomic mass is 16.5. The minimum absolute atomic E-state index is 0.136. The normalized spacial score (nSPS) is 16.5. The quantitative estimate of drug-likeness (QED) is 0.310. The Morgan fingerprint density at radius 3 is 2.50 bits per heavy atom. The number of anilines is 2. The molecule has 1 aliphatic carbocycles. The molecule has 3 aromatic rings. The standard InChI is InChI=1S/C24H32N8O.C6H14O/c1-15(2)13-31-6-4-24(5-7-31)9-17(10-24)16-8-20(33-3)19(27-11-16)14-32-21-18(12-28-32)29-23(26)30-22(21)25;1-2-3-4-5-6-7/h8-9,11-12,15H,4-7,10,13-14H2,1-3H3,(H4,25,26,29,30);7H,2-6H2,1H3. The molecule has 4 heterocycles. The molecular weight excluding hydrogens is 504 g/mol. The van der Waals surface area contributed by atoms with Gasteiger partial charge >= 0.3 is 0 Å². The van der Waals surface area contributed by atoms with Crippen LogP contribution < -0.4 is 16.2 Å². The number of aliphatic hydroxyl groups excluding tert-OH is 1. The maximum absolute atomic E-state index is 8.29. The largest absolute Gasteiger partial charge is 0.495 e. The summed E-state index contributed by atoms with van der Waals surface area (Å²) in [4.78, 5) is 15.6. The van der Waals surface area contributed by atoms with Crippen molar-refractivity contribution in [2.24, 2.45) is 11.3 Å². The SMILES string of the molecule is CCCCCCO.COc1cc(C2=CC3(CCN(CC(C)C)CC3)C2)cnc1Cn1ncc2nc(N)nc(N)c21. The average Bonchev–Trinajstić information content (AvgIpc) is 3.31. The van der Waals surface area contributed by atoms with Crippen molar-refractivity contribution in [3.05, 3.63) is 35.8 Å². The third-order valence-electron chi connectivity index (χ3n) is 7.86. The fourth-order valence-corrected chi connectivity index (χ4v) is 5.71. The molecular formula is C30H46N8O2. The number of nitrogen functional groups attached to an aromatic ring is 2. The van der Waals surface area contributed by atoms with Crippen molar-refractivity contribution in [2.45, 2.75) is 72.3 Å². The highest BCUT2D eigenvalue weighted by Gasteiger charge is 2.40. The predicted octanol–water partition coefficient (Wildman–Crippen LogP) is 4.53. The maximum Gasteiger partial charge on any atom is 0.222 e. The number of methoxy groups -OCH3 is 1. The summed E-state index contributed by atoms with van der Waals surface area (Å²) in [6.45, 7) is 11.1. The monoisotopic (exact) mass is 550 g/mol. The van der Waals surface area contributed by atoms with Crippen LogP contribution in [0.5, 0.6) is 5.75 Å². The summed E-state index contributed by atoms with van der Waals surface area (Å²) >= 11 is 0. The van der Waals surface area contributed by atoms with E-state index >= 15 is 0 Å². The smallest absolute Gasteiger partial charge is 0.222 e. The first-order chi connectivity index (χ1) is 19.3. The summed E-state index contributed by atoms with van der Waals surface area (Å²) in [7, 11) is 1.67. The lowest BCUT2D eigenvalue weighted by atomic mass is 9.64. The Labute approximate surface area is 237 Å². The van der Waals surface area contributed by atoms with Crippen LogP contribution in [-0.4, -0.2) is 68.1 Å². The zero-order valence-electron chi connectivity index (χ0n) is 24.6. The van der Waals surface area contributed by atoms with Gasteiger partial charge in [-0.05, 0) is 67.3 Å². The molecule has 0 aromatic carbocycles. The van der Waals surface area contributed by atoms with Gasteiger partial charge in [-0.1, -0.05) is 46.1 Å². The molecule has 0 saturated carbocycles. The molecule has 10 heteroatoms. The van der Waals surface area contributed by atoms with Crippen molar-refractivity contribution in [1.29, 1.82) is 0 Å². The van der Waals surface area contributed by atoms with Crippen molar-refractivity contribution < 1.29 is 9.84 Å². The van der Waals surface area contributed by atoms with E-state index in [0.717, 1.165) is 35.8 Å². The average molecular weight is 551 g/mol. The van der Waals surface area contributed by atoms with Crippen molar-refractivity contribution in [3.8, 4) is 5.75 Å². The maximum atomic E-state index is 8.29. The number of unbranched alkanes of at least 4 members (excludes halogenated alkanes) is 3. The van der Waals surface area contributed by atoms with E-state index in [1.165, 1.54) is 57.3 Å². The van der Waals surface area contributed by atoms with Gasteiger partial charge in [-0.25, -0.2) is 4.98 Å². The van der Waals surface area contributed by atoms with Crippen LogP contribution in [0.15, 0.2) is 24.5 Å². The number of hydrogen-bond donors (Lipinski definition) is 3. The van der Waals surface area contributed by atoms with Gasteiger partial charge in [0.2, 0.25) is 5.95 Å². The molecule has 0 unspecified atom stereocenters. The molecule has 40 heavy (non-hydrogen) atoms. The highest BCUT2D eigenvalue weighted by molar-refractivity contribution is 5.85. The number of nitrogens with zero attached hydrogens (tertiary/aromatic N) is 6. The van der Waals surface area contributed by atoms with Gasteiger partial charge in [-0.3, -0.25) is 9.67 Å². The van der Waals surface area contributed by atoms with Gasteiger partial charge in [0.1, 0.15) is 22.5 Å². The van der Waals surface area contributed by atoms with E-state index in [-0.39, 0.29) is 5.95 Å². The molecule has 0 atom stereocenters. The molecule has 1 fully saturated rings. The number of hydrogen-bond acceptors (Lipinski definition) is 9. The lowest BCUT2D eigenvalue weighted by Gasteiger charge is -2.46. The molecule has 10 nitrogen and oxygen atoms in total. The van der Waals surface area contributed by atoms with Crippen LogP contribution in [0.25, 0.3) is 16.6 Å². The van der Waals surface area contributed by atoms with E-state index in [1.807, 2.05) is 6.20 Å². The van der Waals surface area contributed by atoms with E-state index < -0.39 is 0 Å². The first-order valence-electron chi connectivity index (χ1n) is 14.6. The van der Waals surface area contributed by atoms with Gasteiger partial charge < -0.3 is 26.2 Å². The summed E-state index contributed by atoms with van der Waals surface area (Å²) in [5.41, 5.74) is 16.6. The van der Waals surface area contributed by atoms with E-state index in [2.05, 4.69) is 52.9 Å². The fraction of sp³-hybridized carbons (Fsp3) is 0.600. The van der Waals surface area contributed by atoms with Crippen molar-refractivity contribution in [3.63, 3.8) is 0 Å². The molecule has 0 radical (unpaired) electrons. The van der Waals surface area contributed by atoms with Crippen LogP contribution in [0.2, 0.25) is 0 Å². The van der Waals surface area contributed by atoms with Crippen molar-refractivity contribution in [1.82, 2.24) is 29.6 Å². The van der Waals surface area contributed by atoms with Crippen LogP contribution in [0, 0.1) is 11.3 Å². The summed E-state index contributed by atoms with van der Waals surface area (Å²) in [6.07, 6.45) is 14.3. The lowest BCUT2D eigenvalue weighted by molar-refractivity contribution is 0.122. The number of nitrogens with two attached hydrogens (primary N) is 2. The highest BCUT2D eigenvalue weighted by Crippen LogP contribution is 2.51. The van der Waals surface area contributed by atoms with Crippen molar-refractivity contribution >= 4 is 28.4 Å². The molecule has 218 valence electrons. The molecule has 0 amide bonds. The van der Waals surface area contributed by atoms with Gasteiger partial charge in [0.15, 0.2) is 5.82 Å². The minimum atomic E-state index is 0.136. The van der Waals surface area contributed by atoms with Crippen molar-refractivity contribution in [2.75, 3.05) is 44.8 Å². The number of ether oxygens (including phenoxy) is 1. The van der Waals surface area contributed by atoms with Crippen LogP contribution in [0.3, 0.4) is 0 Å². The number of piperidine rings is 1. The molecule has 5 rings (SSSR count). The van der Waals surface area contributed by atoms with Crippen LogP contribution in [0.4, 0.5) is 11.8 Å². The molecule has 5 N–H and O–H groups in total. The molecule has 2 aliphatic rings. The number of fused-ring (bicyclic) bond motifs is 1. The van der Waals surface area contributed by atoms with E-state index in [1.54, 1.807) is 18.0 Å². The van der Waals surface area contributed by atoms with Gasteiger partial charge in [0.05, 0.1) is 19.9 Å². The number of allylic oxidation sites excluding steroid dienone is 2. The molecule has 0 bridgehead atoms. The topological polar surface area (TPSA) is 141 Å². The lowest BCUT2D eigenvalue weighted by Crippen LogP contribution is -2.43. The number of aromatic nitrogens is 5. The van der Waals surface area contributed by atoms with E-state index in [4.69, 9.17) is 26.3 Å². The Balaban J connectivity index is 0.000000470. The number of pyridine rings is 1. The first kappa shape index (κ1) is 29.7. The van der Waals surface area contributed by atoms with Gasteiger partial charge in [-0.15, -0.1) is 0 Å². The second kappa shape index (κ2) is 13.4. The van der Waals surface area contributed by atoms with Crippen LogP contribution in [0.1, 0.15) is 77.0 Å². The Kier molecular flexibility index (Phi) is 9.97. The number of rotatable bonds is 10. The second-order valence-electron chi connectivity index (χ2n) is 11.6. The zero-order chi connectivity index (χ0) is 28.7. The molecule has 3 aromatic heterocycles. The second-order valence-corrected chi connectivity index (χ2v) is 11.6. The van der Waals surface area contributed by atoms with E-state index in [9.17, 15) is 0 Å². The van der Waals surface area contributed by atoms with Gasteiger partial charge in [0.25, 0.3) is 0 Å². The van der Waals surface area contributed by atoms with E-state index in [0.29, 0.717) is 35.4 Å².